The Kier molecular flexibility index (Phi) is 4.43. The molecule has 134 valence electrons. The van der Waals surface area contributed by atoms with E-state index in [0.717, 1.165) is 5.69 Å². The van der Waals surface area contributed by atoms with Crippen molar-refractivity contribution in [1.82, 2.24) is 19.2 Å². The molecule has 0 N–H and O–H groups in total. The van der Waals surface area contributed by atoms with Gasteiger partial charge in [0.05, 0.1) is 28.2 Å². The van der Waals surface area contributed by atoms with E-state index in [1.54, 1.807) is 23.0 Å². The van der Waals surface area contributed by atoms with Gasteiger partial charge >= 0.3 is 5.97 Å². The van der Waals surface area contributed by atoms with Crippen LogP contribution in [0.25, 0.3) is 11.3 Å². The zero-order chi connectivity index (χ0) is 18.8. The molecule has 0 aliphatic rings. The van der Waals surface area contributed by atoms with Gasteiger partial charge in [-0.3, -0.25) is 9.20 Å². The Morgan fingerprint density at radius 1 is 1.11 bits per heavy atom. The SMILES string of the molecule is O=C(OCc1cc(=O)n2cc(Cl)ccc2n1)c1cnn(-c2ccccc2)c1. The van der Waals surface area contributed by atoms with Crippen molar-refractivity contribution in [3.8, 4) is 5.69 Å². The number of ether oxygens (including phenoxy) is 1. The van der Waals surface area contributed by atoms with Crippen LogP contribution in [0.4, 0.5) is 0 Å². The van der Waals surface area contributed by atoms with E-state index in [2.05, 4.69) is 10.1 Å². The fourth-order valence-corrected chi connectivity index (χ4v) is 2.73. The maximum absolute atomic E-state index is 12.3. The number of pyridine rings is 1. The highest BCUT2D eigenvalue weighted by Gasteiger charge is 2.12. The number of nitrogens with zero attached hydrogens (tertiary/aromatic N) is 4. The second-order valence-corrected chi connectivity index (χ2v) is 6.18. The van der Waals surface area contributed by atoms with Crippen molar-refractivity contribution in [2.75, 3.05) is 0 Å². The third-order valence-electron chi connectivity index (χ3n) is 3.87. The molecule has 0 aliphatic heterocycles. The van der Waals surface area contributed by atoms with E-state index in [0.29, 0.717) is 21.9 Å². The molecule has 0 fully saturated rings. The summed E-state index contributed by atoms with van der Waals surface area (Å²) in [6, 6.07) is 14.0. The number of halogens is 1. The predicted molar refractivity (Wildman–Crippen MR) is 99.2 cm³/mol. The molecular formula is C19H13ClN4O3. The summed E-state index contributed by atoms with van der Waals surface area (Å²) < 4.78 is 8.18. The second kappa shape index (κ2) is 7.05. The van der Waals surface area contributed by atoms with Crippen molar-refractivity contribution in [3.05, 3.63) is 93.8 Å². The van der Waals surface area contributed by atoms with Crippen molar-refractivity contribution in [2.24, 2.45) is 0 Å². The van der Waals surface area contributed by atoms with Crippen LogP contribution in [0.3, 0.4) is 0 Å². The highest BCUT2D eigenvalue weighted by atomic mass is 35.5. The van der Waals surface area contributed by atoms with Gasteiger partial charge in [0.2, 0.25) is 0 Å². The number of esters is 1. The topological polar surface area (TPSA) is 78.5 Å². The largest absolute Gasteiger partial charge is 0.455 e. The average Bonchev–Trinajstić information content (AvgIpc) is 3.18. The third-order valence-corrected chi connectivity index (χ3v) is 4.09. The minimum atomic E-state index is -0.546. The van der Waals surface area contributed by atoms with Gasteiger partial charge in [-0.05, 0) is 24.3 Å². The Morgan fingerprint density at radius 2 is 1.93 bits per heavy atom. The molecule has 1 aromatic carbocycles. The van der Waals surface area contributed by atoms with E-state index >= 15 is 0 Å². The fraction of sp³-hybridized carbons (Fsp3) is 0.0526. The normalized spacial score (nSPS) is 10.9. The van der Waals surface area contributed by atoms with Gasteiger partial charge in [-0.25, -0.2) is 14.5 Å². The number of para-hydroxylation sites is 1. The van der Waals surface area contributed by atoms with Crippen LogP contribution in [-0.2, 0) is 11.3 Å². The molecule has 0 aliphatic carbocycles. The molecule has 3 aromatic heterocycles. The van der Waals surface area contributed by atoms with Crippen LogP contribution in [0.2, 0.25) is 5.02 Å². The van der Waals surface area contributed by atoms with Crippen LogP contribution >= 0.6 is 11.6 Å². The number of aromatic nitrogens is 4. The van der Waals surface area contributed by atoms with Crippen molar-refractivity contribution in [3.63, 3.8) is 0 Å². The summed E-state index contributed by atoms with van der Waals surface area (Å²) in [5.41, 5.74) is 1.62. The lowest BCUT2D eigenvalue weighted by Crippen LogP contribution is -2.16. The lowest BCUT2D eigenvalue weighted by atomic mass is 10.3. The van der Waals surface area contributed by atoms with E-state index in [4.69, 9.17) is 16.3 Å². The first-order valence-electron chi connectivity index (χ1n) is 8.05. The number of hydrogen-bond acceptors (Lipinski definition) is 5. The number of carbonyl (C=O) groups excluding carboxylic acids is 1. The number of carbonyl (C=O) groups is 1. The molecule has 0 unspecified atom stereocenters. The summed E-state index contributed by atoms with van der Waals surface area (Å²) in [6.07, 6.45) is 4.50. The summed E-state index contributed by atoms with van der Waals surface area (Å²) in [7, 11) is 0. The Morgan fingerprint density at radius 3 is 2.74 bits per heavy atom. The van der Waals surface area contributed by atoms with Crippen molar-refractivity contribution >= 4 is 23.2 Å². The molecule has 8 heteroatoms. The molecule has 0 bridgehead atoms. The van der Waals surface area contributed by atoms with Crippen LogP contribution in [0.15, 0.2) is 71.9 Å². The monoisotopic (exact) mass is 380 g/mol. The van der Waals surface area contributed by atoms with Crippen LogP contribution < -0.4 is 5.56 Å². The number of rotatable bonds is 4. The molecule has 0 atom stereocenters. The standard InChI is InChI=1S/C19H13ClN4O3/c20-14-6-7-17-22-15(8-18(25)23(17)11-14)12-27-19(26)13-9-21-24(10-13)16-4-2-1-3-5-16/h1-11H,12H2. The Labute approximate surface area is 158 Å². The highest BCUT2D eigenvalue weighted by Crippen LogP contribution is 2.11. The zero-order valence-corrected chi connectivity index (χ0v) is 14.7. The van der Waals surface area contributed by atoms with E-state index < -0.39 is 5.97 Å². The molecule has 0 saturated carbocycles. The Bertz CT molecular complexity index is 1180. The van der Waals surface area contributed by atoms with Crippen LogP contribution in [-0.4, -0.2) is 25.1 Å². The summed E-state index contributed by atoms with van der Waals surface area (Å²) in [6.45, 7) is -0.121. The minimum Gasteiger partial charge on any atom is -0.455 e. The molecule has 0 spiro atoms. The van der Waals surface area contributed by atoms with Crippen LogP contribution in [0.5, 0.6) is 0 Å². The molecule has 27 heavy (non-hydrogen) atoms. The van der Waals surface area contributed by atoms with Gasteiger partial charge in [0.1, 0.15) is 12.3 Å². The molecule has 0 amide bonds. The van der Waals surface area contributed by atoms with Gasteiger partial charge in [0.25, 0.3) is 5.56 Å². The van der Waals surface area contributed by atoms with E-state index in [-0.39, 0.29) is 12.2 Å². The van der Waals surface area contributed by atoms with Gasteiger partial charge in [-0.2, -0.15) is 5.10 Å². The molecule has 4 aromatic rings. The van der Waals surface area contributed by atoms with Crippen molar-refractivity contribution in [1.29, 1.82) is 0 Å². The summed E-state index contributed by atoms with van der Waals surface area (Å²) in [5.74, 6) is -0.546. The van der Waals surface area contributed by atoms with Gasteiger partial charge < -0.3 is 4.74 Å². The number of benzene rings is 1. The molecule has 4 rings (SSSR count). The number of fused-ring (bicyclic) bond motifs is 1. The first kappa shape index (κ1) is 17.0. The minimum absolute atomic E-state index is 0.121. The molecule has 7 nitrogen and oxygen atoms in total. The Hall–Kier alpha value is -3.45. The van der Waals surface area contributed by atoms with Gasteiger partial charge in [-0.15, -0.1) is 0 Å². The highest BCUT2D eigenvalue weighted by molar-refractivity contribution is 6.30. The first-order chi connectivity index (χ1) is 13.1. The summed E-state index contributed by atoms with van der Waals surface area (Å²) in [5, 5.41) is 4.59. The van der Waals surface area contributed by atoms with Crippen molar-refractivity contribution in [2.45, 2.75) is 6.61 Å². The van der Waals surface area contributed by atoms with Crippen LogP contribution in [0, 0.1) is 0 Å². The average molecular weight is 381 g/mol. The lowest BCUT2D eigenvalue weighted by molar-refractivity contribution is 0.0467. The summed E-state index contributed by atoms with van der Waals surface area (Å²) >= 11 is 5.88. The maximum Gasteiger partial charge on any atom is 0.341 e. The van der Waals surface area contributed by atoms with Gasteiger partial charge in [0, 0.05) is 18.5 Å². The maximum atomic E-state index is 12.3. The first-order valence-corrected chi connectivity index (χ1v) is 8.43. The smallest absolute Gasteiger partial charge is 0.341 e. The van der Waals surface area contributed by atoms with E-state index in [1.165, 1.54) is 22.9 Å². The lowest BCUT2D eigenvalue weighted by Gasteiger charge is -2.05. The quantitative estimate of drug-likeness (QED) is 0.509. The second-order valence-electron chi connectivity index (χ2n) is 5.75. The fourth-order valence-electron chi connectivity index (χ4n) is 2.57. The van der Waals surface area contributed by atoms with E-state index in [9.17, 15) is 9.59 Å². The van der Waals surface area contributed by atoms with Gasteiger partial charge in [-0.1, -0.05) is 29.8 Å². The zero-order valence-electron chi connectivity index (χ0n) is 13.9. The third kappa shape index (κ3) is 3.58. The number of hydrogen-bond donors (Lipinski definition) is 0. The molecule has 3 heterocycles. The molecular weight excluding hydrogens is 368 g/mol. The predicted octanol–water partition coefficient (Wildman–Crippen LogP) is 2.89. The van der Waals surface area contributed by atoms with Gasteiger partial charge in [0.15, 0.2) is 0 Å². The van der Waals surface area contributed by atoms with Crippen LogP contribution in [0.1, 0.15) is 16.1 Å². The Balaban J connectivity index is 1.50. The van der Waals surface area contributed by atoms with Crippen molar-refractivity contribution < 1.29 is 9.53 Å². The molecule has 0 radical (unpaired) electrons. The van der Waals surface area contributed by atoms with E-state index in [1.807, 2.05) is 30.3 Å². The summed E-state index contributed by atoms with van der Waals surface area (Å²) in [4.78, 5) is 28.7. The molecule has 0 saturated heterocycles.